The van der Waals surface area contributed by atoms with Gasteiger partial charge in [-0.1, -0.05) is 36.4 Å². The van der Waals surface area contributed by atoms with Gasteiger partial charge in [0, 0.05) is 13.1 Å². The quantitative estimate of drug-likeness (QED) is 0.167. The van der Waals surface area contributed by atoms with Gasteiger partial charge in [0.1, 0.15) is 17.8 Å². The first-order chi connectivity index (χ1) is 20.9. The SMILES string of the molecule is COC(=O)c1c(N(Cc2ccc(OC)cc2)Cc2ccc(OC)cc2)ncn(-c2c(C)cc(COS(C)(=O)=O)cc2C)c1=O. The third kappa shape index (κ3) is 7.63. The molecule has 0 fully saturated rings. The predicted molar refractivity (Wildman–Crippen MR) is 166 cm³/mol. The number of aromatic nitrogens is 2. The number of carbonyl (C=O) groups excluding carboxylic acids is 1. The van der Waals surface area contributed by atoms with E-state index >= 15 is 0 Å². The Morgan fingerprint density at radius 1 is 0.841 bits per heavy atom. The van der Waals surface area contributed by atoms with Crippen LogP contribution in [0, 0.1) is 13.8 Å². The molecule has 4 rings (SSSR count). The third-order valence-corrected chi connectivity index (χ3v) is 7.48. The van der Waals surface area contributed by atoms with E-state index in [1.807, 2.05) is 53.4 Å². The average molecular weight is 622 g/mol. The fraction of sp³-hybridized carbons (Fsp3) is 0.281. The number of hydrogen-bond acceptors (Lipinski definition) is 10. The number of esters is 1. The monoisotopic (exact) mass is 621 g/mol. The number of benzene rings is 3. The van der Waals surface area contributed by atoms with E-state index in [1.165, 1.54) is 18.0 Å². The van der Waals surface area contributed by atoms with Gasteiger partial charge in [-0.3, -0.25) is 13.5 Å². The lowest BCUT2D eigenvalue weighted by atomic mass is 10.0. The molecule has 0 aliphatic carbocycles. The summed E-state index contributed by atoms with van der Waals surface area (Å²) < 4.78 is 44.9. The Morgan fingerprint density at radius 3 is 1.77 bits per heavy atom. The Balaban J connectivity index is 1.82. The van der Waals surface area contributed by atoms with Gasteiger partial charge in [-0.25, -0.2) is 9.78 Å². The van der Waals surface area contributed by atoms with Gasteiger partial charge in [-0.15, -0.1) is 0 Å². The molecule has 232 valence electrons. The molecular weight excluding hydrogens is 586 g/mol. The molecule has 0 radical (unpaired) electrons. The summed E-state index contributed by atoms with van der Waals surface area (Å²) in [5.74, 6) is 0.741. The van der Waals surface area contributed by atoms with Crippen LogP contribution in [0.1, 0.15) is 38.2 Å². The Labute approximate surface area is 256 Å². The summed E-state index contributed by atoms with van der Waals surface area (Å²) in [4.78, 5) is 33.8. The summed E-state index contributed by atoms with van der Waals surface area (Å²) in [6.45, 7) is 4.06. The normalized spacial score (nSPS) is 11.2. The zero-order valence-electron chi connectivity index (χ0n) is 25.5. The van der Waals surface area contributed by atoms with Gasteiger partial charge in [0.2, 0.25) is 0 Å². The zero-order valence-corrected chi connectivity index (χ0v) is 26.3. The second-order valence-electron chi connectivity index (χ2n) is 10.2. The number of rotatable bonds is 12. The smallest absolute Gasteiger partial charge is 0.347 e. The highest BCUT2D eigenvalue weighted by Crippen LogP contribution is 2.26. The van der Waals surface area contributed by atoms with Crippen molar-refractivity contribution in [3.8, 4) is 17.2 Å². The van der Waals surface area contributed by atoms with Crippen LogP contribution in [0.2, 0.25) is 0 Å². The number of carbonyl (C=O) groups is 1. The number of methoxy groups -OCH3 is 3. The summed E-state index contributed by atoms with van der Waals surface area (Å²) >= 11 is 0. The molecule has 1 aromatic heterocycles. The van der Waals surface area contributed by atoms with Gasteiger partial charge < -0.3 is 19.1 Å². The van der Waals surface area contributed by atoms with Crippen molar-refractivity contribution in [3.05, 3.63) is 111 Å². The topological polar surface area (TPSA) is 126 Å². The molecule has 0 amide bonds. The maximum Gasteiger partial charge on any atom is 0.347 e. The van der Waals surface area contributed by atoms with E-state index < -0.39 is 21.6 Å². The Morgan fingerprint density at radius 2 is 1.34 bits per heavy atom. The largest absolute Gasteiger partial charge is 0.497 e. The predicted octanol–water partition coefficient (Wildman–Crippen LogP) is 4.34. The van der Waals surface area contributed by atoms with Crippen LogP contribution in [-0.2, 0) is 38.7 Å². The molecular formula is C32H35N3O8S. The van der Waals surface area contributed by atoms with Crippen molar-refractivity contribution >= 4 is 21.9 Å². The van der Waals surface area contributed by atoms with Crippen LogP contribution >= 0.6 is 0 Å². The third-order valence-electron chi connectivity index (χ3n) is 6.94. The maximum atomic E-state index is 14.1. The molecule has 12 heteroatoms. The molecule has 0 N–H and O–H groups in total. The van der Waals surface area contributed by atoms with Crippen molar-refractivity contribution in [1.29, 1.82) is 0 Å². The van der Waals surface area contributed by atoms with Gasteiger partial charge in [-0.2, -0.15) is 8.42 Å². The van der Waals surface area contributed by atoms with Gasteiger partial charge in [0.25, 0.3) is 15.7 Å². The van der Waals surface area contributed by atoms with Crippen LogP contribution in [0.15, 0.2) is 71.8 Å². The molecule has 11 nitrogen and oxygen atoms in total. The summed E-state index contributed by atoms with van der Waals surface area (Å²) in [5.41, 5.74) is 3.43. The number of aryl methyl sites for hydroxylation is 2. The molecule has 0 atom stereocenters. The number of hydrogen-bond donors (Lipinski definition) is 0. The highest BCUT2D eigenvalue weighted by atomic mass is 32.2. The fourth-order valence-corrected chi connectivity index (χ4v) is 5.27. The maximum absolute atomic E-state index is 14.1. The second kappa shape index (κ2) is 13.7. The van der Waals surface area contributed by atoms with E-state index in [0.717, 1.165) is 17.4 Å². The first-order valence-electron chi connectivity index (χ1n) is 13.6. The first-order valence-corrected chi connectivity index (χ1v) is 15.4. The minimum atomic E-state index is -3.63. The van der Waals surface area contributed by atoms with Crippen LogP contribution in [0.5, 0.6) is 11.5 Å². The number of anilines is 1. The lowest BCUT2D eigenvalue weighted by molar-refractivity contribution is 0.0598. The van der Waals surface area contributed by atoms with Crippen molar-refractivity contribution in [2.75, 3.05) is 32.5 Å². The highest BCUT2D eigenvalue weighted by Gasteiger charge is 2.26. The molecule has 0 saturated heterocycles. The van der Waals surface area contributed by atoms with E-state index in [9.17, 15) is 18.0 Å². The minimum Gasteiger partial charge on any atom is -0.497 e. The Hall–Kier alpha value is -4.68. The molecule has 0 unspecified atom stereocenters. The van der Waals surface area contributed by atoms with Crippen molar-refractivity contribution in [3.63, 3.8) is 0 Å². The molecule has 3 aromatic carbocycles. The van der Waals surface area contributed by atoms with Crippen LogP contribution in [0.3, 0.4) is 0 Å². The minimum absolute atomic E-state index is 0.147. The standard InChI is InChI=1S/C32H35N3O8S/c1-21-15-25(19-43-44(6,38)39)16-22(2)29(21)35-20-33-30(28(31(35)36)32(37)42-5)34(17-23-7-11-26(40-3)12-8-23)18-24-9-13-27(41-4)14-10-24/h7-16,20H,17-19H2,1-6H3. The molecule has 4 aromatic rings. The second-order valence-corrected chi connectivity index (χ2v) is 11.9. The van der Waals surface area contributed by atoms with Gasteiger partial charge in [0.05, 0.1) is 39.9 Å². The van der Waals surface area contributed by atoms with E-state index in [-0.39, 0.29) is 18.0 Å². The van der Waals surface area contributed by atoms with Crippen molar-refractivity contribution < 1.29 is 31.6 Å². The summed E-state index contributed by atoms with van der Waals surface area (Å²) in [6, 6.07) is 18.4. The number of ether oxygens (including phenoxy) is 3. The lowest BCUT2D eigenvalue weighted by Gasteiger charge is -2.26. The highest BCUT2D eigenvalue weighted by molar-refractivity contribution is 7.85. The Bertz CT molecular complexity index is 1730. The average Bonchev–Trinajstić information content (AvgIpc) is 3.00. The van der Waals surface area contributed by atoms with E-state index in [4.69, 9.17) is 18.4 Å². The van der Waals surface area contributed by atoms with Crippen molar-refractivity contribution in [2.45, 2.75) is 33.5 Å². The molecule has 0 spiro atoms. The summed E-state index contributed by atoms with van der Waals surface area (Å²) in [7, 11) is 0.762. The summed E-state index contributed by atoms with van der Waals surface area (Å²) in [5, 5.41) is 0. The van der Waals surface area contributed by atoms with E-state index in [2.05, 4.69) is 4.98 Å². The van der Waals surface area contributed by atoms with Crippen molar-refractivity contribution in [1.82, 2.24) is 9.55 Å². The van der Waals surface area contributed by atoms with Gasteiger partial charge >= 0.3 is 5.97 Å². The van der Waals surface area contributed by atoms with Crippen LogP contribution in [0.25, 0.3) is 5.69 Å². The summed E-state index contributed by atoms with van der Waals surface area (Å²) in [6.07, 6.45) is 2.37. The Kier molecular flexibility index (Phi) is 10.1. The van der Waals surface area contributed by atoms with Crippen LogP contribution < -0.4 is 19.9 Å². The van der Waals surface area contributed by atoms with E-state index in [0.29, 0.717) is 47.0 Å². The van der Waals surface area contributed by atoms with Crippen LogP contribution in [0.4, 0.5) is 5.82 Å². The van der Waals surface area contributed by atoms with Gasteiger partial charge in [-0.05, 0) is 65.9 Å². The molecule has 44 heavy (non-hydrogen) atoms. The van der Waals surface area contributed by atoms with Gasteiger partial charge in [0.15, 0.2) is 11.4 Å². The molecule has 0 bridgehead atoms. The lowest BCUT2D eigenvalue weighted by Crippen LogP contribution is -2.33. The number of nitrogens with zero attached hydrogens (tertiary/aromatic N) is 3. The van der Waals surface area contributed by atoms with Crippen molar-refractivity contribution in [2.24, 2.45) is 0 Å². The van der Waals surface area contributed by atoms with Crippen LogP contribution in [-0.4, -0.2) is 51.5 Å². The molecule has 0 aliphatic rings. The fourth-order valence-electron chi connectivity index (χ4n) is 4.92. The molecule has 1 heterocycles. The molecule has 0 aliphatic heterocycles. The van der Waals surface area contributed by atoms with E-state index in [1.54, 1.807) is 40.2 Å². The zero-order chi connectivity index (χ0) is 32.0. The molecule has 0 saturated carbocycles. The first kappa shape index (κ1) is 32.2.